The Morgan fingerprint density at radius 3 is 2.33 bits per heavy atom. The average Bonchev–Trinajstić information content (AvgIpc) is 3.36. The van der Waals surface area contributed by atoms with E-state index in [1.807, 2.05) is 56.3 Å². The molecule has 1 fully saturated rings. The van der Waals surface area contributed by atoms with Gasteiger partial charge in [0.25, 0.3) is 5.91 Å². The maximum atomic E-state index is 13.6. The van der Waals surface area contributed by atoms with Crippen LogP contribution in [0.5, 0.6) is 0 Å². The predicted molar refractivity (Wildman–Crippen MR) is 152 cm³/mol. The van der Waals surface area contributed by atoms with Gasteiger partial charge in [-0.1, -0.05) is 53.6 Å². The van der Waals surface area contributed by atoms with Gasteiger partial charge in [0.1, 0.15) is 5.69 Å². The van der Waals surface area contributed by atoms with Gasteiger partial charge in [0.15, 0.2) is 0 Å². The molecule has 1 aliphatic rings. The van der Waals surface area contributed by atoms with E-state index in [1.165, 1.54) is 10.4 Å². The van der Waals surface area contributed by atoms with Crippen LogP contribution in [0.1, 0.15) is 27.0 Å². The number of halogens is 1. The highest BCUT2D eigenvalue weighted by molar-refractivity contribution is 7.89. The Kier molecular flexibility index (Phi) is 7.59. The van der Waals surface area contributed by atoms with E-state index in [1.54, 1.807) is 29.9 Å². The summed E-state index contributed by atoms with van der Waals surface area (Å²) in [6.07, 6.45) is 1.64. The lowest BCUT2D eigenvalue weighted by Crippen LogP contribution is -2.40. The second kappa shape index (κ2) is 10.9. The molecule has 0 radical (unpaired) electrons. The lowest BCUT2D eigenvalue weighted by atomic mass is 10.1. The average molecular weight is 565 g/mol. The smallest absolute Gasteiger partial charge is 0.259 e. The number of nitrogens with one attached hydrogen (secondary N) is 1. The van der Waals surface area contributed by atoms with Crippen LogP contribution in [0.15, 0.2) is 71.8 Å². The van der Waals surface area contributed by atoms with Crippen molar-refractivity contribution < 1.29 is 17.9 Å². The van der Waals surface area contributed by atoms with Gasteiger partial charge in [0.05, 0.1) is 34.4 Å². The monoisotopic (exact) mass is 564 g/mol. The summed E-state index contributed by atoms with van der Waals surface area (Å²) in [6, 6.07) is 18.2. The molecule has 202 valence electrons. The summed E-state index contributed by atoms with van der Waals surface area (Å²) >= 11 is 6.51. The van der Waals surface area contributed by atoms with Crippen molar-refractivity contribution in [2.75, 3.05) is 31.6 Å². The van der Waals surface area contributed by atoms with E-state index < -0.39 is 15.9 Å². The van der Waals surface area contributed by atoms with Gasteiger partial charge < -0.3 is 10.1 Å². The number of aryl methyl sites for hydroxylation is 3. The van der Waals surface area contributed by atoms with Gasteiger partial charge >= 0.3 is 0 Å². The summed E-state index contributed by atoms with van der Waals surface area (Å²) < 4.78 is 35.0. The second-order valence-corrected chi connectivity index (χ2v) is 11.9. The largest absolute Gasteiger partial charge is 0.379 e. The molecule has 5 rings (SSSR count). The van der Waals surface area contributed by atoms with E-state index in [2.05, 4.69) is 5.32 Å². The highest BCUT2D eigenvalue weighted by Gasteiger charge is 2.28. The summed E-state index contributed by atoms with van der Waals surface area (Å²) in [7, 11) is -3.74. The third kappa shape index (κ3) is 5.62. The Morgan fingerprint density at radius 2 is 1.64 bits per heavy atom. The zero-order valence-corrected chi connectivity index (χ0v) is 23.5. The van der Waals surface area contributed by atoms with Crippen LogP contribution < -0.4 is 5.32 Å². The summed E-state index contributed by atoms with van der Waals surface area (Å²) in [5, 5.41) is 8.11. The minimum absolute atomic E-state index is 0.156. The third-order valence-corrected chi connectivity index (χ3v) is 9.01. The van der Waals surface area contributed by atoms with E-state index in [-0.39, 0.29) is 4.90 Å². The fourth-order valence-electron chi connectivity index (χ4n) is 4.47. The van der Waals surface area contributed by atoms with Gasteiger partial charge in [-0.3, -0.25) is 4.79 Å². The Balaban J connectivity index is 1.52. The minimum atomic E-state index is -3.74. The molecule has 0 aliphatic carbocycles. The fraction of sp³-hybridized carbons (Fsp3) is 0.241. The molecule has 2 heterocycles. The molecule has 4 aromatic rings. The number of morpholine rings is 1. The lowest BCUT2D eigenvalue weighted by molar-refractivity contribution is 0.0730. The number of anilines is 1. The van der Waals surface area contributed by atoms with E-state index in [4.69, 9.17) is 21.4 Å². The van der Waals surface area contributed by atoms with Crippen LogP contribution in [0.3, 0.4) is 0 Å². The summed E-state index contributed by atoms with van der Waals surface area (Å²) in [4.78, 5) is 13.8. The number of benzene rings is 3. The van der Waals surface area contributed by atoms with Crippen molar-refractivity contribution in [2.24, 2.45) is 0 Å². The number of ether oxygens (including phenoxy) is 1. The minimum Gasteiger partial charge on any atom is -0.379 e. The molecule has 39 heavy (non-hydrogen) atoms. The first-order valence-electron chi connectivity index (χ1n) is 12.6. The zero-order valence-electron chi connectivity index (χ0n) is 21.9. The van der Waals surface area contributed by atoms with Gasteiger partial charge in [-0.05, 0) is 56.2 Å². The molecule has 0 spiro atoms. The van der Waals surface area contributed by atoms with Gasteiger partial charge in [-0.15, -0.1) is 0 Å². The first-order chi connectivity index (χ1) is 18.6. The molecule has 0 saturated carbocycles. The molecular weight excluding hydrogens is 536 g/mol. The maximum Gasteiger partial charge on any atom is 0.259 e. The highest BCUT2D eigenvalue weighted by Crippen LogP contribution is 2.29. The molecule has 1 aliphatic heterocycles. The Morgan fingerprint density at radius 1 is 0.949 bits per heavy atom. The molecule has 0 unspecified atom stereocenters. The normalized spacial score (nSPS) is 14.4. The number of hydrogen-bond acceptors (Lipinski definition) is 5. The van der Waals surface area contributed by atoms with E-state index in [0.29, 0.717) is 59.5 Å². The molecular formula is C29H29ClN4O4S. The number of hydrogen-bond donors (Lipinski definition) is 1. The van der Waals surface area contributed by atoms with Crippen LogP contribution in [0, 0.1) is 20.8 Å². The van der Waals surface area contributed by atoms with Crippen molar-refractivity contribution in [3.8, 4) is 16.9 Å². The molecule has 10 heteroatoms. The number of carbonyl (C=O) groups excluding carboxylic acids is 1. The standard InChI is InChI=1S/C29H29ClN4O4S/c1-19-4-8-22(9-5-19)28-24(18-34(32-28)26-11-6-20(2)16-25(26)30)29(35)31-23-10-7-21(3)27(17-23)39(36,37)33-12-14-38-15-13-33/h4-11,16-18H,12-15H2,1-3H3,(H,31,35). The van der Waals surface area contributed by atoms with Crippen LogP contribution >= 0.6 is 11.6 Å². The van der Waals surface area contributed by atoms with Crippen molar-refractivity contribution in [3.63, 3.8) is 0 Å². The first kappa shape index (κ1) is 27.1. The molecule has 3 aromatic carbocycles. The second-order valence-electron chi connectivity index (χ2n) is 9.61. The molecule has 1 amide bonds. The van der Waals surface area contributed by atoms with Gasteiger partial charge in [0.2, 0.25) is 10.0 Å². The SMILES string of the molecule is Cc1ccc(-c2nn(-c3ccc(C)cc3Cl)cc2C(=O)Nc2ccc(C)c(S(=O)(=O)N3CCOCC3)c2)cc1. The van der Waals surface area contributed by atoms with Crippen molar-refractivity contribution in [3.05, 3.63) is 94.1 Å². The number of nitrogens with zero attached hydrogens (tertiary/aromatic N) is 3. The van der Waals surface area contributed by atoms with Crippen molar-refractivity contribution in [2.45, 2.75) is 25.7 Å². The fourth-order valence-corrected chi connectivity index (χ4v) is 6.45. The Labute approximate surface area is 233 Å². The quantitative estimate of drug-likeness (QED) is 0.339. The Bertz CT molecular complexity index is 1640. The maximum absolute atomic E-state index is 13.6. The highest BCUT2D eigenvalue weighted by atomic mass is 35.5. The zero-order chi connectivity index (χ0) is 27.7. The van der Waals surface area contributed by atoms with Crippen molar-refractivity contribution >= 4 is 33.2 Å². The number of amides is 1. The van der Waals surface area contributed by atoms with E-state index in [0.717, 1.165) is 16.7 Å². The van der Waals surface area contributed by atoms with Crippen molar-refractivity contribution in [1.29, 1.82) is 0 Å². The number of rotatable bonds is 6. The van der Waals surface area contributed by atoms with Crippen molar-refractivity contribution in [1.82, 2.24) is 14.1 Å². The van der Waals surface area contributed by atoms with Crippen LogP contribution in [0.4, 0.5) is 5.69 Å². The van der Waals surface area contributed by atoms with E-state index in [9.17, 15) is 13.2 Å². The van der Waals surface area contributed by atoms with E-state index >= 15 is 0 Å². The van der Waals surface area contributed by atoms with Gasteiger partial charge in [-0.2, -0.15) is 9.40 Å². The molecule has 1 N–H and O–H groups in total. The van der Waals surface area contributed by atoms with Gasteiger partial charge in [0, 0.05) is 30.5 Å². The van der Waals surface area contributed by atoms with Crippen LogP contribution in [-0.4, -0.2) is 54.7 Å². The first-order valence-corrected chi connectivity index (χ1v) is 14.4. The molecule has 1 saturated heterocycles. The van der Waals surface area contributed by atoms with Crippen LogP contribution in [-0.2, 0) is 14.8 Å². The third-order valence-electron chi connectivity index (χ3n) is 6.67. The summed E-state index contributed by atoms with van der Waals surface area (Å²) in [5.41, 5.74) is 5.28. The topological polar surface area (TPSA) is 93.5 Å². The summed E-state index contributed by atoms with van der Waals surface area (Å²) in [5.74, 6) is -0.418. The number of carbonyl (C=O) groups is 1. The molecule has 0 bridgehead atoms. The molecule has 1 aromatic heterocycles. The van der Waals surface area contributed by atoms with Gasteiger partial charge in [-0.25, -0.2) is 13.1 Å². The molecule has 8 nitrogen and oxygen atoms in total. The molecule has 0 atom stereocenters. The number of aromatic nitrogens is 2. The lowest BCUT2D eigenvalue weighted by Gasteiger charge is -2.26. The van der Waals surface area contributed by atoms with Crippen LogP contribution in [0.25, 0.3) is 16.9 Å². The predicted octanol–water partition coefficient (Wildman–Crippen LogP) is 5.39. The summed E-state index contributed by atoms with van der Waals surface area (Å²) in [6.45, 7) is 6.96. The number of sulfonamides is 1. The van der Waals surface area contributed by atoms with Crippen LogP contribution in [0.2, 0.25) is 5.02 Å². The Hall–Kier alpha value is -3.50.